The molecular weight excluding hydrogens is 412 g/mol. The number of carbonyl (C=O) groups excluding carboxylic acids is 1. The molecule has 0 spiro atoms. The molecule has 2 aliphatic heterocycles. The first-order valence-corrected chi connectivity index (χ1v) is 12.4. The number of anilines is 1. The van der Waals surface area contributed by atoms with Crippen LogP contribution in [0.3, 0.4) is 0 Å². The van der Waals surface area contributed by atoms with Gasteiger partial charge in [0.25, 0.3) is 5.91 Å². The van der Waals surface area contributed by atoms with Gasteiger partial charge in [-0.05, 0) is 49.2 Å². The van der Waals surface area contributed by atoms with Crippen LogP contribution in [0.2, 0.25) is 0 Å². The van der Waals surface area contributed by atoms with E-state index in [1.807, 2.05) is 6.07 Å². The van der Waals surface area contributed by atoms with E-state index in [2.05, 4.69) is 39.4 Å². The average Bonchev–Trinajstić information content (AvgIpc) is 3.36. The van der Waals surface area contributed by atoms with Crippen LogP contribution in [-0.4, -0.2) is 75.9 Å². The number of hydrogen-bond donors (Lipinski definition) is 1. The third-order valence-corrected chi connectivity index (χ3v) is 7.94. The molecule has 8 heteroatoms. The number of nitrogens with one attached hydrogen (secondary N) is 1. The Morgan fingerprint density at radius 2 is 1.48 bits per heavy atom. The first kappa shape index (κ1) is 21.8. The molecule has 0 aliphatic carbocycles. The molecule has 2 heterocycles. The fourth-order valence-corrected chi connectivity index (χ4v) is 5.67. The van der Waals surface area contributed by atoms with Crippen molar-refractivity contribution in [3.8, 4) is 0 Å². The molecule has 0 bridgehead atoms. The minimum absolute atomic E-state index is 0.173. The van der Waals surface area contributed by atoms with Gasteiger partial charge >= 0.3 is 0 Å². The summed E-state index contributed by atoms with van der Waals surface area (Å²) in [6.07, 6.45) is 1.81. The summed E-state index contributed by atoms with van der Waals surface area (Å²) < 4.78 is 26.7. The Morgan fingerprint density at radius 1 is 0.839 bits per heavy atom. The maximum absolute atomic E-state index is 12.6. The topological polar surface area (TPSA) is 73.0 Å². The minimum atomic E-state index is -3.45. The maximum Gasteiger partial charge on any atom is 0.251 e. The van der Waals surface area contributed by atoms with E-state index in [1.54, 1.807) is 12.1 Å². The van der Waals surface area contributed by atoms with Gasteiger partial charge in [0.05, 0.1) is 4.90 Å². The van der Waals surface area contributed by atoms with Crippen molar-refractivity contribution in [3.63, 3.8) is 0 Å². The highest BCUT2D eigenvalue weighted by molar-refractivity contribution is 7.89. The smallest absolute Gasteiger partial charge is 0.251 e. The van der Waals surface area contributed by atoms with Crippen molar-refractivity contribution in [1.82, 2.24) is 14.5 Å². The molecule has 2 aromatic rings. The zero-order chi connectivity index (χ0) is 21.7. The van der Waals surface area contributed by atoms with Crippen molar-refractivity contribution in [3.05, 3.63) is 60.2 Å². The zero-order valence-corrected chi connectivity index (χ0v) is 18.6. The number of rotatable bonds is 7. The highest BCUT2D eigenvalue weighted by Gasteiger charge is 2.27. The van der Waals surface area contributed by atoms with E-state index in [1.165, 1.54) is 22.1 Å². The van der Waals surface area contributed by atoms with Crippen molar-refractivity contribution < 1.29 is 13.2 Å². The molecule has 31 heavy (non-hydrogen) atoms. The van der Waals surface area contributed by atoms with Gasteiger partial charge in [-0.1, -0.05) is 18.2 Å². The highest BCUT2D eigenvalue weighted by atomic mass is 32.2. The summed E-state index contributed by atoms with van der Waals surface area (Å²) in [5.41, 5.74) is 1.74. The lowest BCUT2D eigenvalue weighted by molar-refractivity contribution is 0.0947. The van der Waals surface area contributed by atoms with Gasteiger partial charge in [0, 0.05) is 63.6 Å². The number of amides is 1. The lowest BCUT2D eigenvalue weighted by atomic mass is 10.2. The van der Waals surface area contributed by atoms with Crippen molar-refractivity contribution >= 4 is 21.6 Å². The number of nitrogens with zero attached hydrogens (tertiary/aromatic N) is 3. The van der Waals surface area contributed by atoms with E-state index < -0.39 is 10.0 Å². The monoisotopic (exact) mass is 442 g/mol. The lowest BCUT2D eigenvalue weighted by Crippen LogP contribution is -2.48. The average molecular weight is 443 g/mol. The van der Waals surface area contributed by atoms with Crippen molar-refractivity contribution in [2.75, 3.05) is 57.3 Å². The quantitative estimate of drug-likeness (QED) is 0.710. The van der Waals surface area contributed by atoms with Crippen LogP contribution < -0.4 is 10.2 Å². The number of sulfonamides is 1. The van der Waals surface area contributed by atoms with E-state index in [0.717, 1.165) is 45.6 Å². The molecule has 1 N–H and O–H groups in total. The molecule has 1 amide bonds. The number of hydrogen-bond acceptors (Lipinski definition) is 5. The van der Waals surface area contributed by atoms with Crippen molar-refractivity contribution in [2.45, 2.75) is 17.7 Å². The van der Waals surface area contributed by atoms with Gasteiger partial charge in [0.2, 0.25) is 10.0 Å². The largest absolute Gasteiger partial charge is 0.369 e. The molecule has 0 aromatic heterocycles. The number of para-hydroxylation sites is 1. The molecule has 2 fully saturated rings. The molecule has 2 saturated heterocycles. The Balaban J connectivity index is 1.22. The van der Waals surface area contributed by atoms with Crippen LogP contribution in [0.1, 0.15) is 23.2 Å². The van der Waals surface area contributed by atoms with Gasteiger partial charge in [0.15, 0.2) is 0 Å². The zero-order valence-electron chi connectivity index (χ0n) is 17.7. The van der Waals surface area contributed by atoms with Crippen molar-refractivity contribution in [2.24, 2.45) is 0 Å². The molecule has 0 unspecified atom stereocenters. The molecular formula is C23H30N4O3S. The molecule has 2 aromatic carbocycles. The van der Waals surface area contributed by atoms with Crippen LogP contribution >= 0.6 is 0 Å². The van der Waals surface area contributed by atoms with E-state index >= 15 is 0 Å². The Morgan fingerprint density at radius 3 is 2.13 bits per heavy atom. The molecule has 2 aliphatic rings. The molecule has 0 atom stereocenters. The van der Waals surface area contributed by atoms with Gasteiger partial charge in [0.1, 0.15) is 0 Å². The first-order valence-electron chi connectivity index (χ1n) is 10.9. The second kappa shape index (κ2) is 9.80. The van der Waals surface area contributed by atoms with Crippen LogP contribution in [-0.2, 0) is 10.0 Å². The standard InChI is InChI=1S/C23H30N4O3S/c28-23(20-8-10-22(11-9-20)31(29,30)27-13-4-5-14-27)24-12-15-25-16-18-26(19-17-25)21-6-2-1-3-7-21/h1-3,6-11H,4-5,12-19H2,(H,24,28). The minimum Gasteiger partial charge on any atom is -0.369 e. The lowest BCUT2D eigenvalue weighted by Gasteiger charge is -2.36. The van der Waals surface area contributed by atoms with Gasteiger partial charge < -0.3 is 10.2 Å². The Kier molecular flexibility index (Phi) is 6.89. The van der Waals surface area contributed by atoms with Gasteiger partial charge in [-0.25, -0.2) is 8.42 Å². The van der Waals surface area contributed by atoms with Gasteiger partial charge in [-0.3, -0.25) is 9.69 Å². The van der Waals surface area contributed by atoms with E-state index in [0.29, 0.717) is 25.2 Å². The Hall–Kier alpha value is -2.42. The normalized spacial score (nSPS) is 18.3. The SMILES string of the molecule is O=C(NCCN1CCN(c2ccccc2)CC1)c1ccc(S(=O)(=O)N2CCCC2)cc1. The van der Waals surface area contributed by atoms with E-state index in [-0.39, 0.29) is 10.8 Å². The summed E-state index contributed by atoms with van der Waals surface area (Å²) in [6, 6.07) is 16.7. The van der Waals surface area contributed by atoms with Gasteiger partial charge in [-0.2, -0.15) is 4.31 Å². The van der Waals surface area contributed by atoms with Crippen LogP contribution in [0, 0.1) is 0 Å². The van der Waals surface area contributed by atoms with Crippen LogP contribution in [0.4, 0.5) is 5.69 Å². The molecule has 166 valence electrons. The number of carbonyl (C=O) groups is 1. The summed E-state index contributed by atoms with van der Waals surface area (Å²) in [6.45, 7) is 6.40. The van der Waals surface area contributed by atoms with Crippen LogP contribution in [0.5, 0.6) is 0 Å². The van der Waals surface area contributed by atoms with Crippen LogP contribution in [0.25, 0.3) is 0 Å². The number of benzene rings is 2. The third kappa shape index (κ3) is 5.26. The molecule has 0 radical (unpaired) electrons. The molecule has 7 nitrogen and oxygen atoms in total. The van der Waals surface area contributed by atoms with Crippen LogP contribution in [0.15, 0.2) is 59.5 Å². The van der Waals surface area contributed by atoms with E-state index in [4.69, 9.17) is 0 Å². The van der Waals surface area contributed by atoms with Gasteiger partial charge in [-0.15, -0.1) is 0 Å². The second-order valence-corrected chi connectivity index (χ2v) is 9.99. The fourth-order valence-electron chi connectivity index (χ4n) is 4.15. The summed E-state index contributed by atoms with van der Waals surface area (Å²) in [5.74, 6) is -0.173. The summed E-state index contributed by atoms with van der Waals surface area (Å²) >= 11 is 0. The summed E-state index contributed by atoms with van der Waals surface area (Å²) in [7, 11) is -3.45. The number of piperazine rings is 1. The predicted molar refractivity (Wildman–Crippen MR) is 122 cm³/mol. The van der Waals surface area contributed by atoms with E-state index in [9.17, 15) is 13.2 Å². The first-order chi connectivity index (χ1) is 15.0. The Bertz CT molecular complexity index is 966. The third-order valence-electron chi connectivity index (χ3n) is 6.03. The highest BCUT2D eigenvalue weighted by Crippen LogP contribution is 2.21. The fraction of sp³-hybridized carbons (Fsp3) is 0.435. The second-order valence-electron chi connectivity index (χ2n) is 8.06. The summed E-state index contributed by atoms with van der Waals surface area (Å²) in [4.78, 5) is 17.4. The maximum atomic E-state index is 12.6. The Labute approximate surface area is 184 Å². The predicted octanol–water partition coefficient (Wildman–Crippen LogP) is 2.02. The van der Waals surface area contributed by atoms with Crippen molar-refractivity contribution in [1.29, 1.82) is 0 Å². The molecule has 4 rings (SSSR count). The molecule has 0 saturated carbocycles. The summed E-state index contributed by atoms with van der Waals surface area (Å²) in [5, 5.41) is 2.95.